The van der Waals surface area contributed by atoms with Crippen molar-refractivity contribution in [3.05, 3.63) is 0 Å². The van der Waals surface area contributed by atoms with Crippen molar-refractivity contribution < 1.29 is 9.42 Å². The second-order valence-electron chi connectivity index (χ2n) is 8.50. The molecule has 0 aliphatic carbocycles. The van der Waals surface area contributed by atoms with Gasteiger partial charge in [0.1, 0.15) is 0 Å². The Morgan fingerprint density at radius 1 is 0.600 bits per heavy atom. The first-order valence-electron chi connectivity index (χ1n) is 12.7. The van der Waals surface area contributed by atoms with E-state index >= 15 is 0 Å². The number of unbranched alkanes of at least 4 members (excludes halogenated alkanes) is 18. The van der Waals surface area contributed by atoms with Gasteiger partial charge in [0.05, 0.1) is 6.61 Å². The van der Waals surface area contributed by atoms with E-state index in [-0.39, 0.29) is 6.15 Å². The first-order valence-corrected chi connectivity index (χ1v) is 17.0. The zero-order chi connectivity index (χ0) is 21.5. The lowest BCUT2D eigenvalue weighted by Crippen LogP contribution is -1.92. The summed E-state index contributed by atoms with van der Waals surface area (Å²) in [6.07, 6.45) is 26.6. The highest BCUT2D eigenvalue weighted by molar-refractivity contribution is 8.67. The fourth-order valence-electron chi connectivity index (χ4n) is 3.58. The molecule has 3 nitrogen and oxygen atoms in total. The van der Waals surface area contributed by atoms with E-state index in [1.807, 2.05) is 0 Å². The van der Waals surface area contributed by atoms with Crippen LogP contribution in [0.15, 0.2) is 0 Å². The molecule has 0 aromatic heterocycles. The van der Waals surface area contributed by atoms with Gasteiger partial charge in [0.25, 0.3) is 0 Å². The van der Waals surface area contributed by atoms with Crippen molar-refractivity contribution in [1.29, 1.82) is 0 Å². The molecule has 0 rings (SSSR count). The molecule has 4 N–H and O–H groups in total. The van der Waals surface area contributed by atoms with Gasteiger partial charge in [-0.05, 0) is 24.6 Å². The average Bonchev–Trinajstić information content (AvgIpc) is 2.70. The average molecular weight is 484 g/mol. The van der Waals surface area contributed by atoms with E-state index in [1.165, 1.54) is 127 Å². The second-order valence-corrected chi connectivity index (χ2v) is 14.8. The summed E-state index contributed by atoms with van der Waals surface area (Å²) in [6, 6.07) is 0. The monoisotopic (exact) mass is 483 g/mol. The Labute approximate surface area is 198 Å². The molecule has 1 atom stereocenters. The molecule has 0 spiro atoms. The van der Waals surface area contributed by atoms with Gasteiger partial charge in [0.2, 0.25) is 5.69 Å². The SMILES string of the molecule is CCCCCCCCCCCCOP(O)(=S)SCCCCCCCCCCCC.N. The van der Waals surface area contributed by atoms with Gasteiger partial charge in [0.15, 0.2) is 0 Å². The molecule has 0 saturated heterocycles. The van der Waals surface area contributed by atoms with Gasteiger partial charge in [-0.25, -0.2) is 0 Å². The van der Waals surface area contributed by atoms with E-state index in [0.717, 1.165) is 18.6 Å². The third-order valence-corrected chi connectivity index (χ3v) is 9.92. The summed E-state index contributed by atoms with van der Waals surface area (Å²) < 4.78 is 5.64. The molecular formula is C24H54NO2PS2. The Morgan fingerprint density at radius 3 is 1.33 bits per heavy atom. The Balaban J connectivity index is 0. The molecule has 6 heteroatoms. The first kappa shape index (κ1) is 33.1. The van der Waals surface area contributed by atoms with Crippen LogP contribution >= 0.6 is 17.1 Å². The van der Waals surface area contributed by atoms with Crippen molar-refractivity contribution in [1.82, 2.24) is 6.15 Å². The first-order chi connectivity index (χ1) is 14.1. The number of hydrogen-bond donors (Lipinski definition) is 2. The van der Waals surface area contributed by atoms with Crippen LogP contribution in [0, 0.1) is 0 Å². The Bertz CT molecular complexity index is 343. The van der Waals surface area contributed by atoms with Crippen molar-refractivity contribution in [2.45, 2.75) is 142 Å². The summed E-state index contributed by atoms with van der Waals surface area (Å²) in [6.45, 7) is 5.17. The van der Waals surface area contributed by atoms with E-state index in [0.29, 0.717) is 6.61 Å². The summed E-state index contributed by atoms with van der Waals surface area (Å²) >= 11 is 6.79. The van der Waals surface area contributed by atoms with Crippen LogP contribution in [-0.2, 0) is 16.3 Å². The van der Waals surface area contributed by atoms with E-state index in [2.05, 4.69) is 13.8 Å². The molecule has 0 saturated carbocycles. The maximum Gasteiger partial charge on any atom is 0.244 e. The molecule has 0 bridgehead atoms. The molecular weight excluding hydrogens is 429 g/mol. The van der Waals surface area contributed by atoms with Crippen LogP contribution in [0.4, 0.5) is 0 Å². The van der Waals surface area contributed by atoms with Gasteiger partial charge in [-0.3, -0.25) is 0 Å². The summed E-state index contributed by atoms with van der Waals surface area (Å²) in [7, 11) is 0. The Morgan fingerprint density at radius 2 is 0.933 bits per heavy atom. The predicted octanol–water partition coefficient (Wildman–Crippen LogP) is 9.96. The van der Waals surface area contributed by atoms with Gasteiger partial charge in [0, 0.05) is 5.75 Å². The van der Waals surface area contributed by atoms with E-state index in [9.17, 15) is 4.89 Å². The lowest BCUT2D eigenvalue weighted by atomic mass is 10.1. The number of rotatable bonds is 24. The van der Waals surface area contributed by atoms with Crippen LogP contribution < -0.4 is 6.15 Å². The third-order valence-electron chi connectivity index (χ3n) is 5.50. The van der Waals surface area contributed by atoms with Crippen molar-refractivity contribution in [2.24, 2.45) is 0 Å². The predicted molar refractivity (Wildman–Crippen MR) is 144 cm³/mol. The highest BCUT2D eigenvalue weighted by atomic mass is 32.9. The molecule has 0 fully saturated rings. The highest BCUT2D eigenvalue weighted by Gasteiger charge is 2.13. The maximum atomic E-state index is 10.3. The summed E-state index contributed by atoms with van der Waals surface area (Å²) in [4.78, 5) is 10.3. The number of hydrogen-bond acceptors (Lipinski definition) is 4. The lowest BCUT2D eigenvalue weighted by molar-refractivity contribution is 0.307. The molecule has 0 aliphatic heterocycles. The molecule has 184 valence electrons. The molecule has 0 heterocycles. The molecule has 0 aromatic rings. The van der Waals surface area contributed by atoms with Gasteiger partial charge >= 0.3 is 0 Å². The Kier molecular flexibility index (Phi) is 28.8. The van der Waals surface area contributed by atoms with Crippen LogP contribution in [0.2, 0.25) is 0 Å². The van der Waals surface area contributed by atoms with Crippen LogP contribution in [0.3, 0.4) is 0 Å². The van der Waals surface area contributed by atoms with Crippen molar-refractivity contribution in [3.63, 3.8) is 0 Å². The maximum absolute atomic E-state index is 10.3. The molecule has 0 radical (unpaired) electrons. The minimum absolute atomic E-state index is 0. The quantitative estimate of drug-likeness (QED) is 0.106. The smallest absolute Gasteiger partial charge is 0.244 e. The molecule has 0 aromatic carbocycles. The lowest BCUT2D eigenvalue weighted by Gasteiger charge is -2.14. The van der Waals surface area contributed by atoms with Gasteiger partial charge < -0.3 is 15.6 Å². The Hall–Kier alpha value is 0.880. The minimum atomic E-state index is -2.60. The van der Waals surface area contributed by atoms with E-state index < -0.39 is 5.69 Å². The molecule has 0 amide bonds. The van der Waals surface area contributed by atoms with Crippen LogP contribution in [-0.4, -0.2) is 17.3 Å². The summed E-state index contributed by atoms with van der Waals surface area (Å²) in [5, 5.41) is 0. The highest BCUT2D eigenvalue weighted by Crippen LogP contribution is 2.56. The van der Waals surface area contributed by atoms with Crippen LogP contribution in [0.25, 0.3) is 0 Å². The van der Waals surface area contributed by atoms with Gasteiger partial charge in [-0.2, -0.15) is 0 Å². The fraction of sp³-hybridized carbons (Fsp3) is 1.00. The van der Waals surface area contributed by atoms with E-state index in [4.69, 9.17) is 16.3 Å². The van der Waals surface area contributed by atoms with Crippen LogP contribution in [0.5, 0.6) is 0 Å². The topological polar surface area (TPSA) is 64.5 Å². The zero-order valence-electron chi connectivity index (χ0n) is 20.4. The molecule has 0 aliphatic rings. The third kappa shape index (κ3) is 26.9. The summed E-state index contributed by atoms with van der Waals surface area (Å²) in [5.41, 5.74) is -2.60. The van der Waals surface area contributed by atoms with Gasteiger partial charge in [-0.15, -0.1) is 0 Å². The van der Waals surface area contributed by atoms with Gasteiger partial charge in [-0.1, -0.05) is 141 Å². The largest absolute Gasteiger partial charge is 0.344 e. The fourth-order valence-corrected chi connectivity index (χ4v) is 7.00. The summed E-state index contributed by atoms with van der Waals surface area (Å²) in [5.74, 6) is 0.947. The normalized spacial score (nSPS) is 13.2. The minimum Gasteiger partial charge on any atom is -0.344 e. The van der Waals surface area contributed by atoms with Crippen molar-refractivity contribution >= 4 is 28.9 Å². The molecule has 1 unspecified atom stereocenters. The van der Waals surface area contributed by atoms with Crippen molar-refractivity contribution in [2.75, 3.05) is 12.4 Å². The van der Waals surface area contributed by atoms with Crippen molar-refractivity contribution in [3.8, 4) is 0 Å². The van der Waals surface area contributed by atoms with Crippen LogP contribution in [0.1, 0.15) is 142 Å². The van der Waals surface area contributed by atoms with E-state index in [1.54, 1.807) is 0 Å². The zero-order valence-corrected chi connectivity index (χ0v) is 22.9. The molecule has 30 heavy (non-hydrogen) atoms. The second kappa shape index (κ2) is 26.1. The standard InChI is InChI=1S/C24H51O2PS2.H3N/c1-3-5-7-9-11-13-15-17-19-21-23-26-27(25,28)29-24-22-20-18-16-14-12-10-8-6-4-2;/h3-24H2,1-2H3,(H,25,28);1H3.